The van der Waals surface area contributed by atoms with Crippen molar-refractivity contribution in [1.82, 2.24) is 9.78 Å². The minimum Gasteiger partial charge on any atom is -0.311 e. The maximum atomic E-state index is 13.3. The Kier molecular flexibility index (Phi) is 4.81. The Labute approximate surface area is 144 Å². The van der Waals surface area contributed by atoms with Crippen LogP contribution in [0, 0.1) is 11.3 Å². The Hall–Kier alpha value is -1.60. The number of anilines is 1. The van der Waals surface area contributed by atoms with Crippen molar-refractivity contribution < 1.29 is 22.4 Å². The van der Waals surface area contributed by atoms with Gasteiger partial charge in [-0.05, 0) is 31.6 Å². The molecule has 0 spiro atoms. The van der Waals surface area contributed by atoms with Gasteiger partial charge >= 0.3 is 0 Å². The van der Waals surface area contributed by atoms with Crippen molar-refractivity contribution in [3.05, 3.63) is 11.8 Å². The highest BCUT2D eigenvalue weighted by Crippen LogP contribution is 2.48. The van der Waals surface area contributed by atoms with Gasteiger partial charge in [0.15, 0.2) is 0 Å². The van der Waals surface area contributed by atoms with Crippen LogP contribution in [-0.2, 0) is 18.3 Å². The number of aryl methyl sites for hydroxylation is 1. The Morgan fingerprint density at radius 1 is 1.40 bits per heavy atom. The van der Waals surface area contributed by atoms with Gasteiger partial charge < -0.3 is 5.32 Å². The van der Waals surface area contributed by atoms with Crippen LogP contribution in [0.25, 0.3) is 0 Å². The third-order valence-corrected chi connectivity index (χ3v) is 5.53. The number of nitrogens with zero attached hydrogens (tertiary/aromatic N) is 2. The molecule has 2 saturated carbocycles. The van der Waals surface area contributed by atoms with Crippen molar-refractivity contribution in [1.29, 1.82) is 0 Å². The van der Waals surface area contributed by atoms with Crippen LogP contribution in [0.2, 0.25) is 0 Å². The molecule has 2 fully saturated rings. The van der Waals surface area contributed by atoms with Crippen molar-refractivity contribution in [3.63, 3.8) is 0 Å². The zero-order valence-corrected chi connectivity index (χ0v) is 14.2. The molecule has 1 amide bonds. The molecular weight excluding hydrogens is 338 g/mol. The molecule has 1 N–H and O–H groups in total. The van der Waals surface area contributed by atoms with Crippen molar-refractivity contribution in [2.75, 3.05) is 5.32 Å². The Morgan fingerprint density at radius 3 is 2.64 bits per heavy atom. The van der Waals surface area contributed by atoms with Gasteiger partial charge in [0.05, 0.1) is 5.69 Å². The molecule has 1 aromatic heterocycles. The van der Waals surface area contributed by atoms with Crippen molar-refractivity contribution >= 4 is 11.7 Å². The molecule has 1 aromatic rings. The quantitative estimate of drug-likeness (QED) is 0.774. The maximum absolute atomic E-state index is 13.3. The zero-order valence-electron chi connectivity index (χ0n) is 14.2. The molecule has 140 valence electrons. The molecule has 1 unspecified atom stereocenters. The fraction of sp³-hybridized carbons (Fsp3) is 0.765. The molecule has 2 aliphatic rings. The second kappa shape index (κ2) is 6.61. The van der Waals surface area contributed by atoms with E-state index in [1.165, 1.54) is 4.68 Å². The largest absolute Gasteiger partial charge is 0.311 e. The van der Waals surface area contributed by atoms with Crippen molar-refractivity contribution in [2.45, 2.75) is 63.7 Å². The van der Waals surface area contributed by atoms with E-state index in [1.54, 1.807) is 13.1 Å². The molecule has 1 heterocycles. The monoisotopic (exact) mass is 361 g/mol. The van der Waals surface area contributed by atoms with E-state index in [2.05, 4.69) is 10.4 Å². The highest BCUT2D eigenvalue weighted by molar-refractivity contribution is 5.90. The summed E-state index contributed by atoms with van der Waals surface area (Å²) in [4.78, 5) is 12.1. The summed E-state index contributed by atoms with van der Waals surface area (Å²) >= 11 is 0. The number of rotatable bonds is 6. The highest BCUT2D eigenvalue weighted by Gasteiger charge is 2.47. The highest BCUT2D eigenvalue weighted by atomic mass is 19.3. The lowest BCUT2D eigenvalue weighted by atomic mass is 9.67. The average molecular weight is 361 g/mol. The lowest BCUT2D eigenvalue weighted by Gasteiger charge is -2.40. The summed E-state index contributed by atoms with van der Waals surface area (Å²) in [5.41, 5.74) is -0.561. The smallest absolute Gasteiger partial charge is 0.248 e. The third kappa shape index (κ3) is 3.98. The molecular formula is C17H23F4N3O. The van der Waals surface area contributed by atoms with E-state index < -0.39 is 23.7 Å². The number of alkyl halides is 4. The third-order valence-electron chi connectivity index (χ3n) is 5.53. The number of hydrogen-bond donors (Lipinski definition) is 1. The van der Waals surface area contributed by atoms with Gasteiger partial charge in [0, 0.05) is 37.8 Å². The normalized spacial score (nSPS) is 24.3. The summed E-state index contributed by atoms with van der Waals surface area (Å²) in [5, 5.41) is 6.88. The number of amides is 1. The van der Waals surface area contributed by atoms with Crippen molar-refractivity contribution in [2.24, 2.45) is 18.4 Å². The van der Waals surface area contributed by atoms with E-state index in [1.807, 2.05) is 0 Å². The molecule has 1 atom stereocenters. The minimum absolute atomic E-state index is 0.0934. The van der Waals surface area contributed by atoms with E-state index in [4.69, 9.17) is 0 Å². The van der Waals surface area contributed by atoms with Gasteiger partial charge in [-0.2, -0.15) is 5.10 Å². The van der Waals surface area contributed by atoms with Gasteiger partial charge in [0.1, 0.15) is 5.82 Å². The van der Waals surface area contributed by atoms with Crippen LogP contribution in [0.1, 0.15) is 50.6 Å². The van der Waals surface area contributed by atoms with Crippen LogP contribution in [0.15, 0.2) is 6.07 Å². The van der Waals surface area contributed by atoms with E-state index in [0.29, 0.717) is 37.2 Å². The maximum Gasteiger partial charge on any atom is 0.248 e. The molecule has 0 aliphatic heterocycles. The summed E-state index contributed by atoms with van der Waals surface area (Å²) < 4.78 is 54.3. The fourth-order valence-corrected chi connectivity index (χ4v) is 3.86. The summed E-state index contributed by atoms with van der Waals surface area (Å²) in [6, 6.07) is 1.64. The first-order valence-corrected chi connectivity index (χ1v) is 8.68. The summed E-state index contributed by atoms with van der Waals surface area (Å²) in [5.74, 6) is -2.76. The van der Waals surface area contributed by atoms with Crippen LogP contribution in [0.4, 0.5) is 23.4 Å². The molecule has 0 bridgehead atoms. The first-order valence-electron chi connectivity index (χ1n) is 8.68. The Morgan fingerprint density at radius 2 is 2.12 bits per heavy atom. The molecule has 0 aromatic carbocycles. The van der Waals surface area contributed by atoms with E-state index >= 15 is 0 Å². The lowest BCUT2D eigenvalue weighted by Crippen LogP contribution is -2.40. The van der Waals surface area contributed by atoms with Gasteiger partial charge in [0.25, 0.3) is 0 Å². The standard InChI is InChI=1S/C17H23F4N3O/c1-24-13(22-14(25)10-16(15(18)19)4-2-5-16)8-12(23-24)7-11-3-6-17(20,21)9-11/h8,11,15H,2-7,9-10H2,1H3,(H,22,25). The molecule has 0 saturated heterocycles. The molecule has 4 nitrogen and oxygen atoms in total. The van der Waals surface area contributed by atoms with Crippen molar-refractivity contribution in [3.8, 4) is 0 Å². The topological polar surface area (TPSA) is 46.9 Å². The van der Waals surface area contributed by atoms with E-state index in [-0.39, 0.29) is 25.2 Å². The second-order valence-electron chi connectivity index (χ2n) is 7.55. The van der Waals surface area contributed by atoms with Gasteiger partial charge in [-0.1, -0.05) is 6.42 Å². The Balaban J connectivity index is 1.58. The molecule has 8 heteroatoms. The molecule has 0 radical (unpaired) electrons. The first kappa shape index (κ1) is 18.2. The van der Waals surface area contributed by atoms with E-state index in [0.717, 1.165) is 6.42 Å². The summed E-state index contributed by atoms with van der Waals surface area (Å²) in [6.07, 6.45) is -0.596. The number of nitrogens with one attached hydrogen (secondary N) is 1. The van der Waals surface area contributed by atoms with Gasteiger partial charge in [-0.3, -0.25) is 9.48 Å². The number of carbonyl (C=O) groups excluding carboxylic acids is 1. The first-order chi connectivity index (χ1) is 11.7. The van der Waals surface area contributed by atoms with Crippen LogP contribution >= 0.6 is 0 Å². The SMILES string of the molecule is Cn1nc(CC2CCC(F)(F)C2)cc1NC(=O)CC1(C(F)F)CCC1. The second-order valence-corrected chi connectivity index (χ2v) is 7.55. The van der Waals surface area contributed by atoms with Crippen LogP contribution in [0.3, 0.4) is 0 Å². The lowest BCUT2D eigenvalue weighted by molar-refractivity contribution is -0.127. The Bertz CT molecular complexity index is 640. The summed E-state index contributed by atoms with van der Waals surface area (Å²) in [6.45, 7) is 0. The number of aromatic nitrogens is 2. The molecule has 2 aliphatic carbocycles. The van der Waals surface area contributed by atoms with Crippen LogP contribution in [0.5, 0.6) is 0 Å². The van der Waals surface area contributed by atoms with Crippen LogP contribution < -0.4 is 5.32 Å². The molecule has 25 heavy (non-hydrogen) atoms. The van der Waals surface area contributed by atoms with Gasteiger partial charge in [-0.15, -0.1) is 0 Å². The fourth-order valence-electron chi connectivity index (χ4n) is 3.86. The predicted molar refractivity (Wildman–Crippen MR) is 84.7 cm³/mol. The van der Waals surface area contributed by atoms with E-state index in [9.17, 15) is 22.4 Å². The summed E-state index contributed by atoms with van der Waals surface area (Å²) in [7, 11) is 1.63. The average Bonchev–Trinajstić information content (AvgIpc) is 2.96. The van der Waals surface area contributed by atoms with Gasteiger partial charge in [0.2, 0.25) is 18.3 Å². The number of carbonyl (C=O) groups is 1. The predicted octanol–water partition coefficient (Wildman–Crippen LogP) is 4.16. The number of hydrogen-bond acceptors (Lipinski definition) is 2. The van der Waals surface area contributed by atoms with Crippen LogP contribution in [-0.4, -0.2) is 28.0 Å². The molecule has 3 rings (SSSR count). The number of halogens is 4. The minimum atomic E-state index is -2.59. The van der Waals surface area contributed by atoms with Gasteiger partial charge in [-0.25, -0.2) is 17.6 Å². The zero-order chi connectivity index (χ0) is 18.2.